The minimum atomic E-state index is -0.849. The minimum Gasteiger partial charge on any atom is -0.452 e. The number of anilines is 1. The fourth-order valence-electron chi connectivity index (χ4n) is 2.19. The van der Waals surface area contributed by atoms with Gasteiger partial charge in [0.15, 0.2) is 6.61 Å². The maximum Gasteiger partial charge on any atom is 0.340 e. The van der Waals surface area contributed by atoms with Crippen LogP contribution in [-0.4, -0.2) is 33.2 Å². The fourth-order valence-corrected chi connectivity index (χ4v) is 2.61. The van der Waals surface area contributed by atoms with Gasteiger partial charge in [-0.2, -0.15) is 5.10 Å². The molecule has 0 saturated heterocycles. The van der Waals surface area contributed by atoms with Crippen LogP contribution in [0, 0.1) is 5.82 Å². The van der Waals surface area contributed by atoms with Crippen molar-refractivity contribution in [1.29, 1.82) is 0 Å². The molecule has 1 N–H and O–H groups in total. The molecule has 0 bridgehead atoms. The van der Waals surface area contributed by atoms with Crippen LogP contribution in [0.2, 0.25) is 10.0 Å². The van der Waals surface area contributed by atoms with Crippen molar-refractivity contribution in [3.63, 3.8) is 0 Å². The van der Waals surface area contributed by atoms with Crippen LogP contribution in [0.25, 0.3) is 5.69 Å². The van der Waals surface area contributed by atoms with E-state index in [1.54, 1.807) is 12.1 Å². The summed E-state index contributed by atoms with van der Waals surface area (Å²) in [7, 11) is 0. The van der Waals surface area contributed by atoms with Gasteiger partial charge in [-0.25, -0.2) is 18.9 Å². The van der Waals surface area contributed by atoms with Crippen molar-refractivity contribution in [3.05, 3.63) is 70.5 Å². The Bertz CT molecular complexity index is 996. The Labute approximate surface area is 162 Å². The summed E-state index contributed by atoms with van der Waals surface area (Å²) in [6, 6.07) is 8.03. The number of carbonyl (C=O) groups is 2. The van der Waals surface area contributed by atoms with Crippen molar-refractivity contribution in [2.24, 2.45) is 0 Å². The number of halogens is 3. The molecule has 3 rings (SSSR count). The Kier molecular flexibility index (Phi) is 5.68. The number of carbonyl (C=O) groups excluding carboxylic acids is 2. The van der Waals surface area contributed by atoms with E-state index in [2.05, 4.69) is 15.4 Å². The van der Waals surface area contributed by atoms with Gasteiger partial charge in [0.05, 0.1) is 22.0 Å². The van der Waals surface area contributed by atoms with Gasteiger partial charge < -0.3 is 10.1 Å². The second-order valence-corrected chi connectivity index (χ2v) is 6.09. The molecule has 1 heterocycles. The number of rotatable bonds is 5. The molecule has 0 aliphatic carbocycles. The van der Waals surface area contributed by atoms with Gasteiger partial charge in [-0.1, -0.05) is 23.2 Å². The van der Waals surface area contributed by atoms with Gasteiger partial charge in [-0.05, 0) is 36.4 Å². The van der Waals surface area contributed by atoms with Crippen LogP contribution >= 0.6 is 23.2 Å². The molecule has 0 radical (unpaired) electrons. The van der Waals surface area contributed by atoms with Crippen molar-refractivity contribution in [2.75, 3.05) is 11.9 Å². The minimum absolute atomic E-state index is 0.0445. The molecule has 27 heavy (non-hydrogen) atoms. The normalized spacial score (nSPS) is 10.5. The Balaban J connectivity index is 1.68. The average molecular weight is 409 g/mol. The van der Waals surface area contributed by atoms with Crippen molar-refractivity contribution in [3.8, 4) is 5.69 Å². The van der Waals surface area contributed by atoms with Gasteiger partial charge in [-0.3, -0.25) is 4.79 Å². The zero-order valence-corrected chi connectivity index (χ0v) is 15.0. The number of ether oxygens (including phenoxy) is 1. The highest BCUT2D eigenvalue weighted by molar-refractivity contribution is 6.33. The zero-order valence-electron chi connectivity index (χ0n) is 13.5. The Morgan fingerprint density at radius 3 is 2.70 bits per heavy atom. The number of hydrogen-bond donors (Lipinski definition) is 1. The molecular formula is C17H11Cl2FN4O3. The molecule has 138 valence electrons. The lowest BCUT2D eigenvalue weighted by Crippen LogP contribution is -2.22. The first kappa shape index (κ1) is 18.8. The summed E-state index contributed by atoms with van der Waals surface area (Å²) < 4.78 is 19.4. The molecule has 2 aromatic carbocycles. The SMILES string of the molecule is O=C(COC(=O)c1ccc(F)cc1Cl)Nc1cc(Cl)ccc1-n1cncn1. The predicted molar refractivity (Wildman–Crippen MR) is 96.7 cm³/mol. The van der Waals surface area contributed by atoms with Crippen molar-refractivity contribution >= 4 is 40.8 Å². The van der Waals surface area contributed by atoms with E-state index in [0.717, 1.165) is 12.1 Å². The molecule has 1 amide bonds. The third-order valence-corrected chi connectivity index (χ3v) is 3.93. The van der Waals surface area contributed by atoms with Crippen molar-refractivity contribution in [1.82, 2.24) is 14.8 Å². The van der Waals surface area contributed by atoms with Crippen molar-refractivity contribution in [2.45, 2.75) is 0 Å². The maximum atomic E-state index is 13.0. The second kappa shape index (κ2) is 8.15. The topological polar surface area (TPSA) is 86.1 Å². The second-order valence-electron chi connectivity index (χ2n) is 5.25. The van der Waals surface area contributed by atoms with E-state index in [-0.39, 0.29) is 10.6 Å². The molecule has 0 atom stereocenters. The molecule has 7 nitrogen and oxygen atoms in total. The number of benzene rings is 2. The fraction of sp³-hybridized carbons (Fsp3) is 0.0588. The third-order valence-electron chi connectivity index (χ3n) is 3.38. The van der Waals surface area contributed by atoms with Crippen LogP contribution in [0.3, 0.4) is 0 Å². The van der Waals surface area contributed by atoms with Crippen LogP contribution in [0.4, 0.5) is 10.1 Å². The summed E-state index contributed by atoms with van der Waals surface area (Å²) in [4.78, 5) is 28.0. The molecule has 1 aromatic heterocycles. The van der Waals surface area contributed by atoms with Gasteiger partial charge >= 0.3 is 5.97 Å². The Morgan fingerprint density at radius 2 is 2.00 bits per heavy atom. The molecule has 0 aliphatic heterocycles. The summed E-state index contributed by atoms with van der Waals surface area (Å²) in [5.41, 5.74) is 0.837. The number of esters is 1. The zero-order chi connectivity index (χ0) is 19.4. The van der Waals surface area contributed by atoms with Gasteiger partial charge in [0, 0.05) is 5.02 Å². The molecule has 3 aromatic rings. The van der Waals surface area contributed by atoms with Gasteiger partial charge in [0.2, 0.25) is 0 Å². The van der Waals surface area contributed by atoms with Crippen LogP contribution in [0.5, 0.6) is 0 Å². The first-order chi connectivity index (χ1) is 12.9. The van der Waals surface area contributed by atoms with Crippen LogP contribution < -0.4 is 5.32 Å². The highest BCUT2D eigenvalue weighted by Gasteiger charge is 2.16. The number of hydrogen-bond acceptors (Lipinski definition) is 5. The van der Waals surface area contributed by atoms with Crippen LogP contribution in [-0.2, 0) is 9.53 Å². The van der Waals surface area contributed by atoms with Crippen LogP contribution in [0.15, 0.2) is 49.1 Å². The smallest absolute Gasteiger partial charge is 0.340 e. The van der Waals surface area contributed by atoms with Crippen LogP contribution in [0.1, 0.15) is 10.4 Å². The lowest BCUT2D eigenvalue weighted by Gasteiger charge is -2.12. The summed E-state index contributed by atoms with van der Waals surface area (Å²) in [5.74, 6) is -2.04. The first-order valence-corrected chi connectivity index (χ1v) is 8.26. The largest absolute Gasteiger partial charge is 0.452 e. The quantitative estimate of drug-likeness (QED) is 0.652. The molecule has 0 unspecified atom stereocenters. The third kappa shape index (κ3) is 4.60. The van der Waals surface area contributed by atoms with E-state index in [1.165, 1.54) is 29.5 Å². The first-order valence-electron chi connectivity index (χ1n) is 7.50. The molecule has 0 spiro atoms. The van der Waals surface area contributed by atoms with E-state index in [0.29, 0.717) is 16.4 Å². The Morgan fingerprint density at radius 1 is 1.19 bits per heavy atom. The Hall–Kier alpha value is -2.97. The van der Waals surface area contributed by atoms with E-state index in [9.17, 15) is 14.0 Å². The van der Waals surface area contributed by atoms with E-state index in [4.69, 9.17) is 27.9 Å². The van der Waals surface area contributed by atoms with E-state index in [1.807, 2.05) is 0 Å². The summed E-state index contributed by atoms with van der Waals surface area (Å²) in [6.07, 6.45) is 2.80. The van der Waals surface area contributed by atoms with E-state index < -0.39 is 24.3 Å². The highest BCUT2D eigenvalue weighted by Crippen LogP contribution is 2.24. The van der Waals surface area contributed by atoms with E-state index >= 15 is 0 Å². The van der Waals surface area contributed by atoms with Gasteiger partial charge in [-0.15, -0.1) is 0 Å². The lowest BCUT2D eigenvalue weighted by atomic mass is 10.2. The molecule has 10 heteroatoms. The highest BCUT2D eigenvalue weighted by atomic mass is 35.5. The standard InChI is InChI=1S/C17H11Cl2FN4O3/c18-10-1-4-15(24-9-21-8-22-24)14(5-10)23-16(25)7-27-17(26)12-3-2-11(20)6-13(12)19/h1-6,8-9H,7H2,(H,23,25). The number of nitrogens with zero attached hydrogens (tertiary/aromatic N) is 3. The lowest BCUT2D eigenvalue weighted by molar-refractivity contribution is -0.119. The van der Waals surface area contributed by atoms with Crippen molar-refractivity contribution < 1.29 is 18.7 Å². The van der Waals surface area contributed by atoms with Gasteiger partial charge in [0.1, 0.15) is 18.5 Å². The molecule has 0 fully saturated rings. The summed E-state index contributed by atoms with van der Waals surface area (Å²) in [6.45, 7) is -0.574. The van der Waals surface area contributed by atoms with Gasteiger partial charge in [0.25, 0.3) is 5.91 Å². The number of aromatic nitrogens is 3. The predicted octanol–water partition coefficient (Wildman–Crippen LogP) is 3.51. The average Bonchev–Trinajstić information content (AvgIpc) is 3.14. The summed E-state index contributed by atoms with van der Waals surface area (Å²) in [5, 5.41) is 6.87. The summed E-state index contributed by atoms with van der Waals surface area (Å²) >= 11 is 11.8. The number of amides is 1. The molecule has 0 aliphatic rings. The molecule has 0 saturated carbocycles. The number of nitrogens with one attached hydrogen (secondary N) is 1. The maximum absolute atomic E-state index is 13.0. The monoisotopic (exact) mass is 408 g/mol. The molecular weight excluding hydrogens is 398 g/mol.